The van der Waals surface area contributed by atoms with E-state index in [2.05, 4.69) is 5.32 Å². The van der Waals surface area contributed by atoms with Crippen molar-refractivity contribution < 1.29 is 19.1 Å². The minimum Gasteiger partial charge on any atom is -0.481 e. The van der Waals surface area contributed by atoms with Crippen LogP contribution in [0.3, 0.4) is 0 Å². The van der Waals surface area contributed by atoms with Crippen LogP contribution in [0.2, 0.25) is 0 Å². The number of carboxylic acid groups (broad SMARTS) is 1. The van der Waals surface area contributed by atoms with Gasteiger partial charge in [-0.25, -0.2) is 4.39 Å². The average Bonchev–Trinajstić information content (AvgIpc) is 2.88. The molecule has 0 bridgehead atoms. The van der Waals surface area contributed by atoms with Gasteiger partial charge in [0.05, 0.1) is 11.5 Å². The molecule has 1 fully saturated rings. The zero-order valence-corrected chi connectivity index (χ0v) is 12.1. The number of aliphatic carboxylic acids is 1. The zero-order chi connectivity index (χ0) is 15.5. The Morgan fingerprint density at radius 3 is 2.62 bits per heavy atom. The normalized spacial score (nSPS) is 18.2. The van der Waals surface area contributed by atoms with Gasteiger partial charge in [0.25, 0.3) is 0 Å². The monoisotopic (exact) mass is 293 g/mol. The molecule has 0 heterocycles. The minimum absolute atomic E-state index is 0.0119. The molecule has 2 N–H and O–H groups in total. The molecular weight excluding hydrogens is 273 g/mol. The fourth-order valence-electron chi connectivity index (χ4n) is 2.98. The van der Waals surface area contributed by atoms with Gasteiger partial charge in [-0.05, 0) is 37.5 Å². The molecule has 4 nitrogen and oxygen atoms in total. The number of hydrogen-bond acceptors (Lipinski definition) is 2. The molecule has 1 aromatic carbocycles. The predicted octanol–water partition coefficient (Wildman–Crippen LogP) is 3.04. The number of rotatable bonds is 5. The van der Waals surface area contributed by atoms with E-state index < -0.39 is 11.4 Å². The van der Waals surface area contributed by atoms with Gasteiger partial charge in [0, 0.05) is 6.42 Å². The number of nitrogens with one attached hydrogen (secondary N) is 1. The van der Waals surface area contributed by atoms with Crippen LogP contribution in [-0.2, 0) is 9.59 Å². The maximum atomic E-state index is 13.2. The molecule has 1 atom stereocenters. The second-order valence-corrected chi connectivity index (χ2v) is 5.81. The van der Waals surface area contributed by atoms with Crippen LogP contribution < -0.4 is 5.32 Å². The van der Waals surface area contributed by atoms with Crippen molar-refractivity contribution in [2.24, 2.45) is 5.41 Å². The van der Waals surface area contributed by atoms with E-state index >= 15 is 0 Å². The molecule has 1 aromatic rings. The second-order valence-electron chi connectivity index (χ2n) is 5.81. The number of hydrogen-bond donors (Lipinski definition) is 2. The van der Waals surface area contributed by atoms with E-state index in [4.69, 9.17) is 0 Å². The van der Waals surface area contributed by atoms with Crippen LogP contribution in [0, 0.1) is 11.2 Å². The summed E-state index contributed by atoms with van der Waals surface area (Å²) in [4.78, 5) is 23.5. The van der Waals surface area contributed by atoms with Gasteiger partial charge in [-0.2, -0.15) is 0 Å². The first-order valence-corrected chi connectivity index (χ1v) is 7.21. The fraction of sp³-hybridized carbons (Fsp3) is 0.500. The van der Waals surface area contributed by atoms with Gasteiger partial charge >= 0.3 is 5.97 Å². The Hall–Kier alpha value is -1.91. The summed E-state index contributed by atoms with van der Waals surface area (Å²) in [7, 11) is 0. The molecule has 0 saturated heterocycles. The van der Waals surface area contributed by atoms with E-state index in [9.17, 15) is 19.1 Å². The number of benzene rings is 1. The SMILES string of the molecule is C[C@H](NC(=O)CC1(C(=O)O)CCCC1)c1cccc(F)c1. The van der Waals surface area contributed by atoms with E-state index in [1.165, 1.54) is 12.1 Å². The number of amides is 1. The molecule has 1 saturated carbocycles. The molecule has 0 radical (unpaired) electrons. The van der Waals surface area contributed by atoms with Crippen LogP contribution in [0.1, 0.15) is 50.6 Å². The van der Waals surface area contributed by atoms with Gasteiger partial charge in [0.2, 0.25) is 5.91 Å². The Morgan fingerprint density at radius 2 is 2.05 bits per heavy atom. The molecule has 5 heteroatoms. The third-order valence-electron chi connectivity index (χ3n) is 4.24. The molecule has 0 spiro atoms. The minimum atomic E-state index is -0.925. The highest BCUT2D eigenvalue weighted by molar-refractivity contribution is 5.85. The molecule has 1 amide bonds. The number of carbonyl (C=O) groups is 2. The van der Waals surface area contributed by atoms with Crippen LogP contribution in [0.4, 0.5) is 4.39 Å². The van der Waals surface area contributed by atoms with Crippen molar-refractivity contribution in [2.45, 2.75) is 45.1 Å². The Bertz CT molecular complexity index is 538. The van der Waals surface area contributed by atoms with E-state index in [1.54, 1.807) is 19.1 Å². The lowest BCUT2D eigenvalue weighted by Crippen LogP contribution is -2.36. The third-order valence-corrected chi connectivity index (χ3v) is 4.24. The highest BCUT2D eigenvalue weighted by Crippen LogP contribution is 2.41. The van der Waals surface area contributed by atoms with E-state index in [-0.39, 0.29) is 24.2 Å². The first-order chi connectivity index (χ1) is 9.93. The van der Waals surface area contributed by atoms with Crippen molar-refractivity contribution in [3.63, 3.8) is 0 Å². The van der Waals surface area contributed by atoms with Crippen molar-refractivity contribution in [1.29, 1.82) is 0 Å². The van der Waals surface area contributed by atoms with Gasteiger partial charge in [-0.1, -0.05) is 25.0 Å². The largest absolute Gasteiger partial charge is 0.481 e. The molecule has 21 heavy (non-hydrogen) atoms. The summed E-state index contributed by atoms with van der Waals surface area (Å²) in [6.45, 7) is 1.76. The fourth-order valence-corrected chi connectivity index (χ4v) is 2.98. The zero-order valence-electron chi connectivity index (χ0n) is 12.1. The summed E-state index contributed by atoms with van der Waals surface area (Å²) in [5, 5.41) is 12.1. The smallest absolute Gasteiger partial charge is 0.310 e. The van der Waals surface area contributed by atoms with E-state index in [1.807, 2.05) is 0 Å². The summed E-state index contributed by atoms with van der Waals surface area (Å²) >= 11 is 0. The van der Waals surface area contributed by atoms with Crippen molar-refractivity contribution >= 4 is 11.9 Å². The van der Waals surface area contributed by atoms with Crippen LogP contribution in [0.5, 0.6) is 0 Å². The molecule has 0 unspecified atom stereocenters. The summed E-state index contributed by atoms with van der Waals surface area (Å²) < 4.78 is 13.2. The van der Waals surface area contributed by atoms with Crippen LogP contribution in [-0.4, -0.2) is 17.0 Å². The lowest BCUT2D eigenvalue weighted by Gasteiger charge is -2.24. The van der Waals surface area contributed by atoms with Crippen LogP contribution >= 0.6 is 0 Å². The summed E-state index contributed by atoms with van der Waals surface area (Å²) in [6.07, 6.45) is 2.77. The van der Waals surface area contributed by atoms with Crippen molar-refractivity contribution in [1.82, 2.24) is 5.32 Å². The summed E-state index contributed by atoms with van der Waals surface area (Å²) in [5.41, 5.74) is -0.259. The highest BCUT2D eigenvalue weighted by atomic mass is 19.1. The Balaban J connectivity index is 1.99. The van der Waals surface area contributed by atoms with E-state index in [0.717, 1.165) is 12.8 Å². The standard InChI is InChI=1S/C16H20FNO3/c1-11(12-5-4-6-13(17)9-12)18-14(19)10-16(15(20)21)7-2-3-8-16/h4-6,9,11H,2-3,7-8,10H2,1H3,(H,18,19)(H,20,21)/t11-/m0/s1. The maximum Gasteiger partial charge on any atom is 0.310 e. The van der Waals surface area contributed by atoms with Gasteiger partial charge in [-0.15, -0.1) is 0 Å². The summed E-state index contributed by atoms with van der Waals surface area (Å²) in [5.74, 6) is -1.55. The topological polar surface area (TPSA) is 66.4 Å². The van der Waals surface area contributed by atoms with Gasteiger partial charge in [-0.3, -0.25) is 9.59 Å². The Kier molecular flexibility index (Phi) is 4.60. The first kappa shape index (κ1) is 15.5. The average molecular weight is 293 g/mol. The molecule has 1 aliphatic rings. The van der Waals surface area contributed by atoms with Crippen molar-refractivity contribution in [2.75, 3.05) is 0 Å². The number of carbonyl (C=O) groups excluding carboxylic acids is 1. The first-order valence-electron chi connectivity index (χ1n) is 7.21. The van der Waals surface area contributed by atoms with Gasteiger partial charge in [0.1, 0.15) is 5.82 Å². The van der Waals surface area contributed by atoms with Crippen molar-refractivity contribution in [3.8, 4) is 0 Å². The van der Waals surface area contributed by atoms with Crippen molar-refractivity contribution in [3.05, 3.63) is 35.6 Å². The summed E-state index contributed by atoms with van der Waals surface area (Å²) in [6, 6.07) is 5.68. The lowest BCUT2D eigenvalue weighted by molar-refractivity contribution is -0.151. The molecular formula is C16H20FNO3. The predicted molar refractivity (Wildman–Crippen MR) is 76.1 cm³/mol. The Morgan fingerprint density at radius 1 is 1.38 bits per heavy atom. The molecule has 0 aliphatic heterocycles. The Labute approximate surface area is 123 Å². The maximum absolute atomic E-state index is 13.2. The quantitative estimate of drug-likeness (QED) is 0.877. The second kappa shape index (κ2) is 6.24. The molecule has 2 rings (SSSR count). The molecule has 114 valence electrons. The highest BCUT2D eigenvalue weighted by Gasteiger charge is 2.43. The van der Waals surface area contributed by atoms with Gasteiger partial charge in [0.15, 0.2) is 0 Å². The van der Waals surface area contributed by atoms with Crippen LogP contribution in [0.15, 0.2) is 24.3 Å². The van der Waals surface area contributed by atoms with Crippen LogP contribution in [0.25, 0.3) is 0 Å². The lowest BCUT2D eigenvalue weighted by atomic mass is 9.82. The number of carboxylic acids is 1. The molecule has 1 aliphatic carbocycles. The number of halogens is 1. The third kappa shape index (κ3) is 3.60. The van der Waals surface area contributed by atoms with Gasteiger partial charge < -0.3 is 10.4 Å². The molecule has 0 aromatic heterocycles. The van der Waals surface area contributed by atoms with E-state index in [0.29, 0.717) is 18.4 Å².